The lowest BCUT2D eigenvalue weighted by Gasteiger charge is -2.14. The highest BCUT2D eigenvalue weighted by Crippen LogP contribution is 2.42. The number of fused-ring (bicyclic) bond motifs is 1. The smallest absolute Gasteiger partial charge is 0.417 e. The molecule has 4 N–H and O–H groups in total. The van der Waals surface area contributed by atoms with E-state index in [9.17, 15) is 32.7 Å². The lowest BCUT2D eigenvalue weighted by Crippen LogP contribution is -2.26. The summed E-state index contributed by atoms with van der Waals surface area (Å²) >= 11 is 0. The summed E-state index contributed by atoms with van der Waals surface area (Å²) in [6, 6.07) is 10.2. The summed E-state index contributed by atoms with van der Waals surface area (Å²) in [5.74, 6) is -0.952. The summed E-state index contributed by atoms with van der Waals surface area (Å²) in [5, 5.41) is 12.6. The molecule has 194 valence electrons. The number of nitrogens with one attached hydrogen (secondary N) is 1. The van der Waals surface area contributed by atoms with Gasteiger partial charge in [-0.3, -0.25) is 19.1 Å². The SMILES string of the molecule is NC(=O)c1ccc(-c2cn(C(=O)O)c3ccc(Oc4ccnc(C(=O)NC5CC5)c4)cc23)c(C(F)(F)F)c1. The summed E-state index contributed by atoms with van der Waals surface area (Å²) in [5.41, 5.74) is 3.54. The summed E-state index contributed by atoms with van der Waals surface area (Å²) in [7, 11) is 0. The molecule has 2 amide bonds. The van der Waals surface area contributed by atoms with E-state index in [4.69, 9.17) is 10.5 Å². The quantitative estimate of drug-likeness (QED) is 0.324. The highest BCUT2D eigenvalue weighted by molar-refractivity contribution is 6.02. The molecule has 2 aromatic heterocycles. The van der Waals surface area contributed by atoms with Crippen LogP contribution in [0.5, 0.6) is 11.5 Å². The normalized spacial score (nSPS) is 13.3. The number of hydrogen-bond donors (Lipinski definition) is 3. The number of primary amides is 1. The van der Waals surface area contributed by atoms with Crippen LogP contribution in [0.4, 0.5) is 18.0 Å². The molecule has 0 spiro atoms. The van der Waals surface area contributed by atoms with Crippen molar-refractivity contribution in [3.63, 3.8) is 0 Å². The Hall–Kier alpha value is -4.87. The molecule has 1 aliphatic rings. The van der Waals surface area contributed by atoms with Crippen molar-refractivity contribution in [1.29, 1.82) is 0 Å². The molecular formula is C26H19F3N4O5. The van der Waals surface area contributed by atoms with E-state index < -0.39 is 23.7 Å². The predicted molar refractivity (Wildman–Crippen MR) is 129 cm³/mol. The first-order valence-corrected chi connectivity index (χ1v) is 11.4. The average Bonchev–Trinajstić information content (AvgIpc) is 3.60. The van der Waals surface area contributed by atoms with E-state index in [-0.39, 0.29) is 56.7 Å². The largest absolute Gasteiger partial charge is 0.464 e. The Morgan fingerprint density at radius 1 is 1.03 bits per heavy atom. The van der Waals surface area contributed by atoms with Crippen LogP contribution in [0.1, 0.15) is 39.3 Å². The van der Waals surface area contributed by atoms with Crippen LogP contribution >= 0.6 is 0 Å². The lowest BCUT2D eigenvalue weighted by atomic mass is 9.96. The first-order chi connectivity index (χ1) is 18.0. The van der Waals surface area contributed by atoms with Gasteiger partial charge >= 0.3 is 12.3 Å². The predicted octanol–water partition coefficient (Wildman–Crippen LogP) is 5.03. The minimum Gasteiger partial charge on any atom is -0.464 e. The highest BCUT2D eigenvalue weighted by atomic mass is 19.4. The average molecular weight is 524 g/mol. The summed E-state index contributed by atoms with van der Waals surface area (Å²) in [4.78, 5) is 39.7. The van der Waals surface area contributed by atoms with Crippen LogP contribution in [0, 0.1) is 0 Å². The molecule has 0 bridgehead atoms. The summed E-state index contributed by atoms with van der Waals surface area (Å²) in [6.45, 7) is 0. The van der Waals surface area contributed by atoms with Gasteiger partial charge in [0.15, 0.2) is 0 Å². The molecule has 38 heavy (non-hydrogen) atoms. The fourth-order valence-corrected chi connectivity index (χ4v) is 4.03. The number of aromatic nitrogens is 2. The fraction of sp³-hybridized carbons (Fsp3) is 0.154. The Morgan fingerprint density at radius 2 is 1.76 bits per heavy atom. The second-order valence-corrected chi connectivity index (χ2v) is 8.72. The van der Waals surface area contributed by atoms with Gasteiger partial charge in [0.05, 0.1) is 11.1 Å². The van der Waals surface area contributed by atoms with E-state index in [1.54, 1.807) is 0 Å². The molecule has 4 aromatic rings. The number of nitrogens with zero attached hydrogens (tertiary/aromatic N) is 2. The topological polar surface area (TPSA) is 137 Å². The molecule has 1 saturated carbocycles. The van der Waals surface area contributed by atoms with E-state index >= 15 is 0 Å². The maximum absolute atomic E-state index is 14.0. The Kier molecular flexibility index (Phi) is 6.02. The van der Waals surface area contributed by atoms with E-state index in [0.29, 0.717) is 6.07 Å². The number of rotatable bonds is 6. The van der Waals surface area contributed by atoms with Crippen LogP contribution in [-0.2, 0) is 6.18 Å². The standard InChI is InChI=1S/C26H19F3N4O5/c27-26(28,29)20-9-13(23(30)34)1-5-17(20)19-12-33(25(36)37)22-6-4-15(10-18(19)22)38-16-7-8-31-21(11-16)24(35)32-14-2-3-14/h1,4-12,14H,2-3H2,(H2,30,34)(H,32,35)(H,36,37). The van der Waals surface area contributed by atoms with Gasteiger partial charge in [0, 0.05) is 41.0 Å². The van der Waals surface area contributed by atoms with Gasteiger partial charge in [-0.1, -0.05) is 6.07 Å². The third-order valence-corrected chi connectivity index (χ3v) is 5.99. The van der Waals surface area contributed by atoms with E-state index in [0.717, 1.165) is 35.7 Å². The van der Waals surface area contributed by atoms with Gasteiger partial charge in [-0.2, -0.15) is 13.2 Å². The highest BCUT2D eigenvalue weighted by Gasteiger charge is 2.35. The molecule has 12 heteroatoms. The van der Waals surface area contributed by atoms with Crippen LogP contribution in [0.2, 0.25) is 0 Å². The second kappa shape index (κ2) is 9.21. The lowest BCUT2D eigenvalue weighted by molar-refractivity contribution is -0.137. The number of carboxylic acid groups (broad SMARTS) is 1. The van der Waals surface area contributed by atoms with Gasteiger partial charge < -0.3 is 20.9 Å². The van der Waals surface area contributed by atoms with Gasteiger partial charge in [-0.25, -0.2) is 4.79 Å². The fourth-order valence-electron chi connectivity index (χ4n) is 4.03. The van der Waals surface area contributed by atoms with E-state index in [2.05, 4.69) is 10.3 Å². The van der Waals surface area contributed by atoms with Crippen molar-refractivity contribution in [1.82, 2.24) is 14.9 Å². The number of carbonyl (C=O) groups is 3. The number of halogens is 3. The zero-order chi connectivity index (χ0) is 27.2. The van der Waals surface area contributed by atoms with Crippen molar-refractivity contribution < 1.29 is 37.4 Å². The van der Waals surface area contributed by atoms with Crippen molar-refractivity contribution in [2.45, 2.75) is 25.1 Å². The van der Waals surface area contributed by atoms with Gasteiger partial charge in [-0.15, -0.1) is 0 Å². The van der Waals surface area contributed by atoms with Crippen LogP contribution in [0.15, 0.2) is 60.9 Å². The zero-order valence-electron chi connectivity index (χ0n) is 19.5. The van der Waals surface area contributed by atoms with Crippen molar-refractivity contribution in [3.8, 4) is 22.6 Å². The van der Waals surface area contributed by atoms with Gasteiger partial charge in [0.25, 0.3) is 5.91 Å². The summed E-state index contributed by atoms with van der Waals surface area (Å²) < 4.78 is 48.5. The summed E-state index contributed by atoms with van der Waals surface area (Å²) in [6.07, 6.45) is -2.00. The first kappa shape index (κ1) is 24.8. The zero-order valence-corrected chi connectivity index (χ0v) is 19.5. The van der Waals surface area contributed by atoms with Gasteiger partial charge in [-0.05, 0) is 54.8 Å². The molecule has 2 heterocycles. The molecule has 1 fully saturated rings. The number of nitrogens with two attached hydrogens (primary N) is 1. The third kappa shape index (κ3) is 4.88. The molecule has 1 aliphatic carbocycles. The molecule has 0 saturated heterocycles. The van der Waals surface area contributed by atoms with Crippen molar-refractivity contribution in [2.24, 2.45) is 5.73 Å². The molecule has 0 aliphatic heterocycles. The van der Waals surface area contributed by atoms with Crippen molar-refractivity contribution >= 4 is 28.8 Å². The Morgan fingerprint density at radius 3 is 2.42 bits per heavy atom. The minimum atomic E-state index is -4.86. The molecule has 0 unspecified atom stereocenters. The molecule has 2 aromatic carbocycles. The van der Waals surface area contributed by atoms with Crippen LogP contribution in [0.25, 0.3) is 22.0 Å². The number of alkyl halides is 3. The number of benzene rings is 2. The minimum absolute atomic E-state index is 0.0459. The van der Waals surface area contributed by atoms with Crippen LogP contribution in [-0.4, -0.2) is 38.6 Å². The number of hydrogen-bond acceptors (Lipinski definition) is 5. The molecule has 0 atom stereocenters. The van der Waals surface area contributed by atoms with Crippen LogP contribution < -0.4 is 15.8 Å². The van der Waals surface area contributed by atoms with Gasteiger partial charge in [0.2, 0.25) is 5.91 Å². The maximum atomic E-state index is 14.0. The molecule has 0 radical (unpaired) electrons. The Balaban J connectivity index is 1.58. The van der Waals surface area contributed by atoms with E-state index in [1.807, 2.05) is 0 Å². The van der Waals surface area contributed by atoms with E-state index in [1.165, 1.54) is 36.5 Å². The molecular weight excluding hydrogens is 505 g/mol. The number of amides is 2. The Bertz CT molecular complexity index is 1610. The molecule has 9 nitrogen and oxygen atoms in total. The van der Waals surface area contributed by atoms with Gasteiger partial charge in [0.1, 0.15) is 17.2 Å². The first-order valence-electron chi connectivity index (χ1n) is 11.4. The number of pyridine rings is 1. The number of ether oxygens (including phenoxy) is 1. The van der Waals surface area contributed by atoms with Crippen LogP contribution in [0.3, 0.4) is 0 Å². The van der Waals surface area contributed by atoms with Crippen molar-refractivity contribution in [3.05, 3.63) is 77.7 Å². The molecule has 5 rings (SSSR count). The monoisotopic (exact) mass is 524 g/mol. The maximum Gasteiger partial charge on any atom is 0.417 e. The third-order valence-electron chi connectivity index (χ3n) is 5.99. The number of carbonyl (C=O) groups excluding carboxylic acids is 2. The van der Waals surface area contributed by atoms with Crippen molar-refractivity contribution in [2.75, 3.05) is 0 Å². The second-order valence-electron chi connectivity index (χ2n) is 8.72. The Labute approximate surface area is 212 Å².